The zero-order valence-electron chi connectivity index (χ0n) is 23.5. The Morgan fingerprint density at radius 2 is 1.12 bits per heavy atom. The molecule has 9 nitrogen and oxygen atoms in total. The van der Waals surface area contributed by atoms with Gasteiger partial charge in [-0.05, 0) is 55.1 Å². The zero-order valence-corrected chi connectivity index (χ0v) is 25.1. The van der Waals surface area contributed by atoms with Crippen LogP contribution in [0.2, 0.25) is 0 Å². The van der Waals surface area contributed by atoms with Gasteiger partial charge in [-0.1, -0.05) is 106 Å². The van der Waals surface area contributed by atoms with Crippen molar-refractivity contribution in [3.05, 3.63) is 70.2 Å². The van der Waals surface area contributed by atoms with Crippen LogP contribution in [-0.2, 0) is 6.54 Å². The molecule has 0 atom stereocenters. The van der Waals surface area contributed by atoms with Crippen LogP contribution >= 0.6 is 24.4 Å². The van der Waals surface area contributed by atoms with E-state index in [2.05, 4.69) is 37.6 Å². The Balaban J connectivity index is 1.44. The molecule has 0 saturated heterocycles. The van der Waals surface area contributed by atoms with Gasteiger partial charge in [0, 0.05) is 6.54 Å². The second-order valence-electron chi connectivity index (χ2n) is 10.2. The number of aromatic amines is 2. The molecule has 5 aromatic rings. The Morgan fingerprint density at radius 1 is 0.634 bits per heavy atom. The number of rotatable bonds is 15. The van der Waals surface area contributed by atoms with E-state index in [1.165, 1.54) is 51.4 Å². The molecule has 0 amide bonds. The second-order valence-corrected chi connectivity index (χ2v) is 11.0. The number of aromatic nitrogens is 9. The molecule has 0 bridgehead atoms. The molecule has 0 saturated carbocycles. The molecule has 0 aliphatic heterocycles. The summed E-state index contributed by atoms with van der Waals surface area (Å²) >= 11 is 11.3. The Labute approximate surface area is 250 Å². The minimum atomic E-state index is 0.475. The Kier molecular flexibility index (Phi) is 10.0. The van der Waals surface area contributed by atoms with Gasteiger partial charge in [-0.25, -0.2) is 4.68 Å². The van der Waals surface area contributed by atoms with Gasteiger partial charge >= 0.3 is 0 Å². The topological polar surface area (TPSA) is 97.9 Å². The van der Waals surface area contributed by atoms with Crippen molar-refractivity contribution in [1.29, 1.82) is 0 Å². The molecule has 2 aromatic carbocycles. The molecule has 0 unspecified atom stereocenters. The summed E-state index contributed by atoms with van der Waals surface area (Å²) in [7, 11) is 0. The van der Waals surface area contributed by atoms with Gasteiger partial charge in [0.25, 0.3) is 0 Å². The first-order valence-corrected chi connectivity index (χ1v) is 15.4. The fourth-order valence-corrected chi connectivity index (χ4v) is 5.61. The minimum Gasteiger partial charge on any atom is -0.267 e. The summed E-state index contributed by atoms with van der Waals surface area (Å²) in [5.74, 6) is 1.20. The first kappa shape index (κ1) is 28.8. The molecular weight excluding hydrogens is 551 g/mol. The normalized spacial score (nSPS) is 11.3. The molecule has 5 rings (SSSR count). The molecule has 3 heterocycles. The molecule has 214 valence electrons. The number of benzene rings is 2. The second kappa shape index (κ2) is 14.3. The van der Waals surface area contributed by atoms with Crippen molar-refractivity contribution in [2.24, 2.45) is 0 Å². The molecule has 2 N–H and O–H groups in total. The number of nitrogens with zero attached hydrogens (tertiary/aromatic N) is 7. The van der Waals surface area contributed by atoms with Gasteiger partial charge in [-0.3, -0.25) is 19.3 Å². The predicted molar refractivity (Wildman–Crippen MR) is 167 cm³/mol. The third kappa shape index (κ3) is 6.79. The smallest absolute Gasteiger partial charge is 0.200 e. The highest BCUT2D eigenvalue weighted by atomic mass is 32.1. The molecule has 0 radical (unpaired) electrons. The van der Waals surface area contributed by atoms with Crippen LogP contribution in [0.1, 0.15) is 71.1 Å². The Morgan fingerprint density at radius 3 is 1.68 bits per heavy atom. The maximum Gasteiger partial charge on any atom is 0.200 e. The van der Waals surface area contributed by atoms with Crippen LogP contribution in [0.25, 0.3) is 34.4 Å². The van der Waals surface area contributed by atoms with Crippen LogP contribution in [0.3, 0.4) is 0 Å². The lowest BCUT2D eigenvalue weighted by Gasteiger charge is -2.11. The Bertz CT molecular complexity index is 1630. The van der Waals surface area contributed by atoms with Gasteiger partial charge in [0.1, 0.15) is 5.69 Å². The van der Waals surface area contributed by atoms with Crippen LogP contribution < -0.4 is 0 Å². The van der Waals surface area contributed by atoms with E-state index in [1.54, 1.807) is 0 Å². The lowest BCUT2D eigenvalue weighted by atomic mass is 10.1. The molecule has 0 aliphatic rings. The lowest BCUT2D eigenvalue weighted by Crippen LogP contribution is -2.08. The lowest BCUT2D eigenvalue weighted by molar-refractivity contribution is 0.509. The van der Waals surface area contributed by atoms with Gasteiger partial charge in [-0.2, -0.15) is 10.2 Å². The molecule has 41 heavy (non-hydrogen) atoms. The maximum atomic E-state index is 5.67. The highest BCUT2D eigenvalue weighted by molar-refractivity contribution is 7.71. The van der Waals surface area contributed by atoms with Crippen LogP contribution in [0.5, 0.6) is 0 Å². The van der Waals surface area contributed by atoms with Crippen molar-refractivity contribution in [1.82, 2.24) is 44.5 Å². The zero-order chi connectivity index (χ0) is 28.4. The van der Waals surface area contributed by atoms with E-state index < -0.39 is 0 Å². The van der Waals surface area contributed by atoms with Crippen LogP contribution in [0.15, 0.2) is 60.7 Å². The maximum absolute atomic E-state index is 5.67. The first-order valence-electron chi connectivity index (χ1n) is 14.6. The van der Waals surface area contributed by atoms with Crippen molar-refractivity contribution < 1.29 is 0 Å². The van der Waals surface area contributed by atoms with E-state index in [-0.39, 0.29) is 0 Å². The molecule has 3 aromatic heterocycles. The van der Waals surface area contributed by atoms with Crippen molar-refractivity contribution in [2.45, 2.75) is 77.7 Å². The summed E-state index contributed by atoms with van der Waals surface area (Å²) < 4.78 is 6.69. The van der Waals surface area contributed by atoms with Gasteiger partial charge in [0.05, 0.1) is 11.4 Å². The number of nitrogens with one attached hydrogen (secondary N) is 2. The molecule has 0 fully saturated rings. The summed E-state index contributed by atoms with van der Waals surface area (Å²) in [6, 6.07) is 19.8. The summed E-state index contributed by atoms with van der Waals surface area (Å²) in [5.41, 5.74) is 3.11. The average Bonchev–Trinajstić information content (AvgIpc) is 3.70. The molecule has 11 heteroatoms. The van der Waals surface area contributed by atoms with Gasteiger partial charge < -0.3 is 0 Å². The average molecular weight is 588 g/mol. The number of hydrogen-bond donors (Lipinski definition) is 2. The number of hydrogen-bond acceptors (Lipinski definition) is 6. The van der Waals surface area contributed by atoms with Gasteiger partial charge in [-0.15, -0.1) is 5.10 Å². The third-order valence-corrected chi connectivity index (χ3v) is 7.80. The van der Waals surface area contributed by atoms with Crippen molar-refractivity contribution in [3.63, 3.8) is 0 Å². The van der Waals surface area contributed by atoms with E-state index in [0.717, 1.165) is 29.9 Å². The summed E-state index contributed by atoms with van der Waals surface area (Å²) in [6.45, 7) is 2.97. The van der Waals surface area contributed by atoms with Crippen molar-refractivity contribution >= 4 is 24.4 Å². The van der Waals surface area contributed by atoms with E-state index in [0.29, 0.717) is 33.4 Å². The van der Waals surface area contributed by atoms with Crippen LogP contribution in [0.4, 0.5) is 0 Å². The summed E-state index contributed by atoms with van der Waals surface area (Å²) in [4.78, 5) is 0. The van der Waals surface area contributed by atoms with E-state index in [1.807, 2.05) is 74.5 Å². The minimum absolute atomic E-state index is 0.475. The fourth-order valence-electron chi connectivity index (χ4n) is 5.14. The van der Waals surface area contributed by atoms with Gasteiger partial charge in [0.2, 0.25) is 0 Å². The number of aryl methyl sites for hydroxylation is 1. The third-order valence-electron chi connectivity index (χ3n) is 7.26. The molecule has 0 aliphatic carbocycles. The van der Waals surface area contributed by atoms with Crippen LogP contribution in [0, 0.1) is 9.54 Å². The SMILES string of the molecule is CCCCCCCCCCCCn1nnc(-c2n[nH]c(=S)n2-c2ccccc2)c1-c1n[nH]c(=S)n1-c1ccccc1. The monoisotopic (exact) mass is 587 g/mol. The molecule has 0 spiro atoms. The van der Waals surface area contributed by atoms with Crippen molar-refractivity contribution in [2.75, 3.05) is 0 Å². The van der Waals surface area contributed by atoms with Crippen LogP contribution in [-0.4, -0.2) is 44.5 Å². The highest BCUT2D eigenvalue weighted by Gasteiger charge is 2.26. The van der Waals surface area contributed by atoms with E-state index in [9.17, 15) is 0 Å². The highest BCUT2D eigenvalue weighted by Crippen LogP contribution is 2.31. The van der Waals surface area contributed by atoms with Crippen molar-refractivity contribution in [3.8, 4) is 34.4 Å². The van der Waals surface area contributed by atoms with Gasteiger partial charge in [0.15, 0.2) is 26.9 Å². The number of para-hydroxylation sites is 2. The summed E-state index contributed by atoms with van der Waals surface area (Å²) in [5, 5.41) is 24.4. The fraction of sp³-hybridized carbons (Fsp3) is 0.400. The van der Waals surface area contributed by atoms with E-state index in [4.69, 9.17) is 24.4 Å². The quantitative estimate of drug-likeness (QED) is 0.0951. The Hall–Kier alpha value is -3.70. The summed E-state index contributed by atoms with van der Waals surface area (Å²) in [6.07, 6.45) is 12.7. The first-order chi connectivity index (χ1) is 20.2. The number of H-pyrrole nitrogens is 2. The number of unbranched alkanes of at least 4 members (excludes halogenated alkanes) is 9. The largest absolute Gasteiger partial charge is 0.267 e. The molecular formula is C30H37N9S2. The standard InChI is InChI=1S/C30H37N9S2/c1-2-3-4-5-6-7-8-9-10-17-22-37-26(28-33-35-30(41)39(28)24-20-15-12-16-21-24)25(31-36-37)27-32-34-29(40)38(27)23-18-13-11-14-19-23/h11-16,18-21H,2-10,17,22H2,1H3,(H,34,40)(H,35,41). The van der Waals surface area contributed by atoms with E-state index >= 15 is 0 Å². The predicted octanol–water partition coefficient (Wildman–Crippen LogP) is 8.02.